The summed E-state index contributed by atoms with van der Waals surface area (Å²) in [5, 5.41) is 0. The van der Waals surface area contributed by atoms with E-state index >= 15 is 0 Å². The molecule has 2 fully saturated rings. The first-order valence-electron chi connectivity index (χ1n) is 6.58. The average Bonchev–Trinajstić information content (AvgIpc) is 2.57. The fraction of sp³-hybridized carbons (Fsp3) is 0.923. The highest BCUT2D eigenvalue weighted by Gasteiger charge is 2.47. The molecule has 2 rings (SSSR count). The molecular weight excluding hydrogens is 200 g/mol. The van der Waals surface area contributed by atoms with Gasteiger partial charge in [-0.1, -0.05) is 20.3 Å². The van der Waals surface area contributed by atoms with Crippen LogP contribution in [0, 0.1) is 11.3 Å². The molecule has 1 saturated heterocycles. The SMILES string of the molecule is CC(C)CC1(C(=O)N2CC[C@@H](N)C2)CCC1. The van der Waals surface area contributed by atoms with E-state index in [4.69, 9.17) is 5.73 Å². The molecule has 0 aromatic carbocycles. The Morgan fingerprint density at radius 3 is 2.56 bits per heavy atom. The molecule has 1 saturated carbocycles. The van der Waals surface area contributed by atoms with Gasteiger partial charge in [0.15, 0.2) is 0 Å². The summed E-state index contributed by atoms with van der Waals surface area (Å²) in [6, 6.07) is 0.208. The van der Waals surface area contributed by atoms with Crippen LogP contribution in [0.25, 0.3) is 0 Å². The van der Waals surface area contributed by atoms with Crippen LogP contribution in [0.15, 0.2) is 0 Å². The van der Waals surface area contributed by atoms with Gasteiger partial charge in [-0.25, -0.2) is 0 Å². The van der Waals surface area contributed by atoms with Gasteiger partial charge in [0, 0.05) is 24.5 Å². The zero-order valence-corrected chi connectivity index (χ0v) is 10.5. The highest BCUT2D eigenvalue weighted by atomic mass is 16.2. The minimum Gasteiger partial charge on any atom is -0.341 e. The summed E-state index contributed by atoms with van der Waals surface area (Å²) in [5.74, 6) is 1.00. The Hall–Kier alpha value is -0.570. The molecular formula is C13H24N2O. The summed E-state index contributed by atoms with van der Waals surface area (Å²) in [6.07, 6.45) is 5.44. The summed E-state index contributed by atoms with van der Waals surface area (Å²) in [6.45, 7) is 6.07. The molecule has 0 radical (unpaired) electrons. The zero-order valence-electron chi connectivity index (χ0n) is 10.5. The van der Waals surface area contributed by atoms with Gasteiger partial charge in [-0.15, -0.1) is 0 Å². The van der Waals surface area contributed by atoms with Crippen LogP contribution >= 0.6 is 0 Å². The van der Waals surface area contributed by atoms with Gasteiger partial charge in [-0.2, -0.15) is 0 Å². The summed E-state index contributed by atoms with van der Waals surface area (Å²) in [5.41, 5.74) is 5.86. The Kier molecular flexibility index (Phi) is 3.24. The van der Waals surface area contributed by atoms with Gasteiger partial charge in [-0.3, -0.25) is 4.79 Å². The Morgan fingerprint density at radius 2 is 2.19 bits per heavy atom. The second-order valence-electron chi connectivity index (χ2n) is 6.03. The van der Waals surface area contributed by atoms with Crippen molar-refractivity contribution in [3.05, 3.63) is 0 Å². The van der Waals surface area contributed by atoms with Crippen LogP contribution in [0.5, 0.6) is 0 Å². The third-order valence-corrected chi connectivity index (χ3v) is 4.08. The fourth-order valence-electron chi connectivity index (χ4n) is 3.20. The molecule has 0 unspecified atom stereocenters. The first kappa shape index (κ1) is 11.9. The largest absolute Gasteiger partial charge is 0.341 e. The Morgan fingerprint density at radius 1 is 1.50 bits per heavy atom. The Bertz CT molecular complexity index is 271. The van der Waals surface area contributed by atoms with E-state index in [0.717, 1.165) is 38.8 Å². The van der Waals surface area contributed by atoms with Gasteiger partial charge in [0.1, 0.15) is 0 Å². The van der Waals surface area contributed by atoms with E-state index in [-0.39, 0.29) is 11.5 Å². The molecule has 3 heteroatoms. The number of carbonyl (C=O) groups excluding carboxylic acids is 1. The molecule has 16 heavy (non-hydrogen) atoms. The molecule has 92 valence electrons. The van der Waals surface area contributed by atoms with Crippen LogP contribution in [0.4, 0.5) is 0 Å². The highest BCUT2D eigenvalue weighted by molar-refractivity contribution is 5.84. The van der Waals surface area contributed by atoms with Crippen LogP contribution < -0.4 is 5.73 Å². The van der Waals surface area contributed by atoms with Crippen LogP contribution in [-0.2, 0) is 4.79 Å². The van der Waals surface area contributed by atoms with Gasteiger partial charge in [0.05, 0.1) is 0 Å². The molecule has 1 aliphatic carbocycles. The van der Waals surface area contributed by atoms with Crippen LogP contribution in [0.1, 0.15) is 46.0 Å². The fourth-order valence-corrected chi connectivity index (χ4v) is 3.20. The van der Waals surface area contributed by atoms with Gasteiger partial charge < -0.3 is 10.6 Å². The van der Waals surface area contributed by atoms with Crippen LogP contribution in [0.3, 0.4) is 0 Å². The zero-order chi connectivity index (χ0) is 11.8. The van der Waals surface area contributed by atoms with Gasteiger partial charge in [0.2, 0.25) is 5.91 Å². The molecule has 0 bridgehead atoms. The van der Waals surface area contributed by atoms with Crippen molar-refractivity contribution in [1.29, 1.82) is 0 Å². The number of rotatable bonds is 3. The lowest BCUT2D eigenvalue weighted by Gasteiger charge is -2.44. The van der Waals surface area contributed by atoms with E-state index in [1.165, 1.54) is 6.42 Å². The lowest BCUT2D eigenvalue weighted by Crippen LogP contribution is -2.48. The Labute approximate surface area is 98.4 Å². The molecule has 0 aromatic rings. The number of nitrogens with zero attached hydrogens (tertiary/aromatic N) is 1. The first-order valence-corrected chi connectivity index (χ1v) is 6.58. The molecule has 3 nitrogen and oxygen atoms in total. The lowest BCUT2D eigenvalue weighted by molar-refractivity contribution is -0.147. The lowest BCUT2D eigenvalue weighted by atomic mass is 9.63. The molecule has 1 aliphatic heterocycles. The van der Waals surface area contributed by atoms with Crippen molar-refractivity contribution in [1.82, 2.24) is 4.90 Å². The molecule has 1 heterocycles. The predicted molar refractivity (Wildman–Crippen MR) is 64.9 cm³/mol. The van der Waals surface area contributed by atoms with Crippen molar-refractivity contribution in [3.8, 4) is 0 Å². The molecule has 0 spiro atoms. The smallest absolute Gasteiger partial charge is 0.228 e. The third kappa shape index (κ3) is 2.10. The maximum absolute atomic E-state index is 12.5. The maximum atomic E-state index is 12.5. The topological polar surface area (TPSA) is 46.3 Å². The predicted octanol–water partition coefficient (Wildman–Crippen LogP) is 1.76. The number of hydrogen-bond acceptors (Lipinski definition) is 2. The van der Waals surface area contributed by atoms with Crippen LogP contribution in [-0.4, -0.2) is 29.9 Å². The third-order valence-electron chi connectivity index (χ3n) is 4.08. The highest BCUT2D eigenvalue weighted by Crippen LogP contribution is 2.47. The summed E-state index contributed by atoms with van der Waals surface area (Å²) in [4.78, 5) is 14.5. The van der Waals surface area contributed by atoms with Gasteiger partial charge >= 0.3 is 0 Å². The summed E-state index contributed by atoms with van der Waals surface area (Å²) in [7, 11) is 0. The normalized spacial score (nSPS) is 28.2. The van der Waals surface area contributed by atoms with Crippen LogP contribution in [0.2, 0.25) is 0 Å². The average molecular weight is 224 g/mol. The van der Waals surface area contributed by atoms with Crippen molar-refractivity contribution < 1.29 is 4.79 Å². The van der Waals surface area contributed by atoms with E-state index in [9.17, 15) is 4.79 Å². The number of nitrogens with two attached hydrogens (primary N) is 1. The van der Waals surface area contributed by atoms with Crippen molar-refractivity contribution in [2.75, 3.05) is 13.1 Å². The number of amides is 1. The molecule has 0 aromatic heterocycles. The van der Waals surface area contributed by atoms with Crippen molar-refractivity contribution >= 4 is 5.91 Å². The number of likely N-dealkylation sites (tertiary alicyclic amines) is 1. The van der Waals surface area contributed by atoms with E-state index in [0.29, 0.717) is 11.8 Å². The number of hydrogen-bond donors (Lipinski definition) is 1. The van der Waals surface area contributed by atoms with Crippen molar-refractivity contribution in [3.63, 3.8) is 0 Å². The standard InChI is InChI=1S/C13H24N2O/c1-10(2)8-13(5-3-6-13)12(16)15-7-4-11(14)9-15/h10-11H,3-9,14H2,1-2H3/t11-/m1/s1. The monoisotopic (exact) mass is 224 g/mol. The number of carbonyl (C=O) groups is 1. The maximum Gasteiger partial charge on any atom is 0.228 e. The van der Waals surface area contributed by atoms with E-state index < -0.39 is 0 Å². The molecule has 2 aliphatic rings. The van der Waals surface area contributed by atoms with E-state index in [1.54, 1.807) is 0 Å². The first-order chi connectivity index (χ1) is 7.53. The van der Waals surface area contributed by atoms with Gasteiger partial charge in [-0.05, 0) is 31.6 Å². The second-order valence-corrected chi connectivity index (χ2v) is 6.03. The minimum absolute atomic E-state index is 0.0156. The molecule has 2 N–H and O–H groups in total. The molecule has 1 amide bonds. The molecule has 1 atom stereocenters. The van der Waals surface area contributed by atoms with Gasteiger partial charge in [0.25, 0.3) is 0 Å². The quantitative estimate of drug-likeness (QED) is 0.794. The second kappa shape index (κ2) is 4.36. The van der Waals surface area contributed by atoms with Crippen molar-refractivity contribution in [2.24, 2.45) is 17.1 Å². The van der Waals surface area contributed by atoms with E-state index in [1.807, 2.05) is 4.90 Å². The van der Waals surface area contributed by atoms with Crippen molar-refractivity contribution in [2.45, 2.75) is 52.0 Å². The minimum atomic E-state index is -0.0156. The van der Waals surface area contributed by atoms with E-state index in [2.05, 4.69) is 13.8 Å². The summed E-state index contributed by atoms with van der Waals surface area (Å²) >= 11 is 0. The Balaban J connectivity index is 2.01. The summed E-state index contributed by atoms with van der Waals surface area (Å²) < 4.78 is 0.